The van der Waals surface area contributed by atoms with Crippen LogP contribution in [0.5, 0.6) is 0 Å². The SMILES string of the molecule is O=C(c1ccc(-n2cnnn2)cc1)N1CCCN(C(=O)[C@H]2C[C@@H]3C=C[C@H]2C3)CC1. The molecule has 2 amide bonds. The second-order valence-corrected chi connectivity index (χ2v) is 8.16. The van der Waals surface area contributed by atoms with Crippen molar-refractivity contribution in [3.05, 3.63) is 48.3 Å². The lowest BCUT2D eigenvalue weighted by atomic mass is 9.92. The highest BCUT2D eigenvalue weighted by molar-refractivity contribution is 5.94. The van der Waals surface area contributed by atoms with Gasteiger partial charge in [0.2, 0.25) is 5.91 Å². The number of rotatable bonds is 3. The average Bonchev–Trinajstić information content (AvgIpc) is 3.49. The number of allylic oxidation sites excluding steroid dienone is 2. The van der Waals surface area contributed by atoms with E-state index in [1.165, 1.54) is 6.33 Å². The topological polar surface area (TPSA) is 84.2 Å². The predicted octanol–water partition coefficient (Wildman–Crippen LogP) is 1.55. The van der Waals surface area contributed by atoms with Crippen molar-refractivity contribution in [2.24, 2.45) is 17.8 Å². The number of aromatic nitrogens is 4. The molecule has 0 spiro atoms. The van der Waals surface area contributed by atoms with Gasteiger partial charge in [-0.15, -0.1) is 5.10 Å². The van der Waals surface area contributed by atoms with Gasteiger partial charge in [0.1, 0.15) is 6.33 Å². The molecule has 2 aromatic rings. The number of fused-ring (bicyclic) bond motifs is 2. The van der Waals surface area contributed by atoms with E-state index < -0.39 is 0 Å². The normalized spacial score (nSPS) is 26.0. The van der Waals surface area contributed by atoms with Crippen molar-refractivity contribution in [3.63, 3.8) is 0 Å². The van der Waals surface area contributed by atoms with Crippen LogP contribution in [-0.4, -0.2) is 68.0 Å². The monoisotopic (exact) mass is 392 g/mol. The summed E-state index contributed by atoms with van der Waals surface area (Å²) < 4.78 is 1.55. The Kier molecular flexibility index (Phi) is 4.61. The van der Waals surface area contributed by atoms with Crippen LogP contribution in [0.1, 0.15) is 29.6 Å². The number of carbonyl (C=O) groups is 2. The maximum absolute atomic E-state index is 13.0. The first-order valence-corrected chi connectivity index (χ1v) is 10.3. The number of hydrogen-bond donors (Lipinski definition) is 0. The summed E-state index contributed by atoms with van der Waals surface area (Å²) in [7, 11) is 0. The molecule has 3 atom stereocenters. The molecular formula is C21H24N6O2. The summed E-state index contributed by atoms with van der Waals surface area (Å²) in [5.74, 6) is 1.45. The van der Waals surface area contributed by atoms with Gasteiger partial charge in [-0.05, 0) is 65.8 Å². The summed E-state index contributed by atoms with van der Waals surface area (Å²) in [6.45, 7) is 2.60. The van der Waals surface area contributed by atoms with E-state index in [-0.39, 0.29) is 17.7 Å². The second kappa shape index (κ2) is 7.42. The minimum atomic E-state index is 0.00502. The van der Waals surface area contributed by atoms with Gasteiger partial charge in [0.15, 0.2) is 0 Å². The molecule has 0 N–H and O–H groups in total. The van der Waals surface area contributed by atoms with Gasteiger partial charge in [0.05, 0.1) is 5.69 Å². The van der Waals surface area contributed by atoms with Gasteiger partial charge in [0.25, 0.3) is 5.91 Å². The van der Waals surface area contributed by atoms with Crippen LogP contribution in [0.4, 0.5) is 0 Å². The molecule has 2 aliphatic carbocycles. The Morgan fingerprint density at radius 3 is 2.41 bits per heavy atom. The van der Waals surface area contributed by atoms with Crippen molar-refractivity contribution in [2.45, 2.75) is 19.3 Å². The summed E-state index contributed by atoms with van der Waals surface area (Å²) in [6, 6.07) is 7.27. The number of hydrogen-bond acceptors (Lipinski definition) is 5. The molecule has 2 heterocycles. The zero-order valence-electron chi connectivity index (χ0n) is 16.2. The smallest absolute Gasteiger partial charge is 0.253 e. The van der Waals surface area contributed by atoms with Crippen LogP contribution in [0.25, 0.3) is 5.69 Å². The van der Waals surface area contributed by atoms with Crippen molar-refractivity contribution >= 4 is 11.8 Å². The van der Waals surface area contributed by atoms with E-state index in [1.54, 1.807) is 16.8 Å². The molecule has 3 aliphatic rings. The maximum Gasteiger partial charge on any atom is 0.253 e. The Balaban J connectivity index is 1.22. The molecule has 1 saturated heterocycles. The maximum atomic E-state index is 13.0. The number of benzene rings is 1. The number of tetrazole rings is 1. The molecule has 150 valence electrons. The zero-order chi connectivity index (χ0) is 19.8. The molecule has 1 aromatic heterocycles. The molecule has 2 bridgehead atoms. The first-order chi connectivity index (χ1) is 14.2. The summed E-state index contributed by atoms with van der Waals surface area (Å²) in [4.78, 5) is 29.8. The molecule has 1 aromatic carbocycles. The van der Waals surface area contributed by atoms with Crippen LogP contribution in [-0.2, 0) is 4.79 Å². The molecule has 1 aliphatic heterocycles. The molecular weight excluding hydrogens is 368 g/mol. The van der Waals surface area contributed by atoms with Gasteiger partial charge in [-0.2, -0.15) is 0 Å². The van der Waals surface area contributed by atoms with Gasteiger partial charge >= 0.3 is 0 Å². The Morgan fingerprint density at radius 2 is 1.72 bits per heavy atom. The van der Waals surface area contributed by atoms with E-state index in [9.17, 15) is 9.59 Å². The fourth-order valence-corrected chi connectivity index (χ4v) is 4.86. The lowest BCUT2D eigenvalue weighted by Crippen LogP contribution is -2.41. The van der Waals surface area contributed by atoms with E-state index >= 15 is 0 Å². The van der Waals surface area contributed by atoms with Crippen LogP contribution in [0, 0.1) is 17.8 Å². The highest BCUT2D eigenvalue weighted by atomic mass is 16.2. The lowest BCUT2D eigenvalue weighted by Gasteiger charge is -2.27. The largest absolute Gasteiger partial charge is 0.341 e. The van der Waals surface area contributed by atoms with E-state index in [0.717, 1.165) is 31.5 Å². The predicted molar refractivity (Wildman–Crippen MR) is 105 cm³/mol. The highest BCUT2D eigenvalue weighted by Gasteiger charge is 2.41. The van der Waals surface area contributed by atoms with E-state index in [2.05, 4.69) is 27.7 Å². The van der Waals surface area contributed by atoms with Crippen LogP contribution in [0.15, 0.2) is 42.7 Å². The molecule has 5 rings (SSSR count). The molecule has 29 heavy (non-hydrogen) atoms. The molecule has 0 unspecified atom stereocenters. The average molecular weight is 392 g/mol. The quantitative estimate of drug-likeness (QED) is 0.740. The third kappa shape index (κ3) is 3.43. The van der Waals surface area contributed by atoms with Crippen LogP contribution in [0.2, 0.25) is 0 Å². The van der Waals surface area contributed by atoms with Gasteiger partial charge in [-0.3, -0.25) is 9.59 Å². The number of carbonyl (C=O) groups excluding carboxylic acids is 2. The molecule has 8 nitrogen and oxygen atoms in total. The van der Waals surface area contributed by atoms with Gasteiger partial charge in [-0.25, -0.2) is 4.68 Å². The summed E-state index contributed by atoms with van der Waals surface area (Å²) in [5.41, 5.74) is 1.44. The van der Waals surface area contributed by atoms with Crippen molar-refractivity contribution in [1.82, 2.24) is 30.0 Å². The Bertz CT molecular complexity index is 923. The summed E-state index contributed by atoms with van der Waals surface area (Å²) in [6.07, 6.45) is 8.95. The fraction of sp³-hybridized carbons (Fsp3) is 0.476. The van der Waals surface area contributed by atoms with E-state index in [4.69, 9.17) is 0 Å². The zero-order valence-corrected chi connectivity index (χ0v) is 16.2. The molecule has 1 saturated carbocycles. The summed E-state index contributed by atoms with van der Waals surface area (Å²) >= 11 is 0. The third-order valence-electron chi connectivity index (χ3n) is 6.42. The molecule has 0 radical (unpaired) electrons. The van der Waals surface area contributed by atoms with E-state index in [1.807, 2.05) is 21.9 Å². The molecule has 2 fully saturated rings. The first kappa shape index (κ1) is 18.0. The highest BCUT2D eigenvalue weighted by Crippen LogP contribution is 2.44. The minimum Gasteiger partial charge on any atom is -0.341 e. The van der Waals surface area contributed by atoms with Crippen LogP contribution < -0.4 is 0 Å². The minimum absolute atomic E-state index is 0.00502. The van der Waals surface area contributed by atoms with Gasteiger partial charge in [0, 0.05) is 37.7 Å². The number of amides is 2. The Morgan fingerprint density at radius 1 is 0.931 bits per heavy atom. The third-order valence-corrected chi connectivity index (χ3v) is 6.42. The van der Waals surface area contributed by atoms with Crippen molar-refractivity contribution in [1.29, 1.82) is 0 Å². The molecule has 8 heteroatoms. The standard InChI is InChI=1S/C21H24N6O2/c28-20(16-4-6-18(7-5-16)27-14-22-23-24-27)25-8-1-9-26(11-10-25)21(29)19-13-15-2-3-17(19)12-15/h2-7,14-15,17,19H,1,8-13H2/t15-,17+,19+/m1/s1. The second-order valence-electron chi connectivity index (χ2n) is 8.16. The lowest BCUT2D eigenvalue weighted by molar-refractivity contribution is -0.136. The Labute approximate surface area is 169 Å². The van der Waals surface area contributed by atoms with Crippen LogP contribution in [0.3, 0.4) is 0 Å². The summed E-state index contributed by atoms with van der Waals surface area (Å²) in [5, 5.41) is 11.1. The fourth-order valence-electron chi connectivity index (χ4n) is 4.86. The van der Waals surface area contributed by atoms with Crippen LogP contribution >= 0.6 is 0 Å². The van der Waals surface area contributed by atoms with Crippen molar-refractivity contribution < 1.29 is 9.59 Å². The first-order valence-electron chi connectivity index (χ1n) is 10.3. The Hall–Kier alpha value is -3.03. The van der Waals surface area contributed by atoms with E-state index in [0.29, 0.717) is 37.0 Å². The van der Waals surface area contributed by atoms with Gasteiger partial charge in [-0.1, -0.05) is 12.2 Å². The van der Waals surface area contributed by atoms with Gasteiger partial charge < -0.3 is 9.80 Å². The van der Waals surface area contributed by atoms with Crippen molar-refractivity contribution in [2.75, 3.05) is 26.2 Å². The number of nitrogens with zero attached hydrogens (tertiary/aromatic N) is 6. The van der Waals surface area contributed by atoms with Crippen molar-refractivity contribution in [3.8, 4) is 5.69 Å².